The zero-order chi connectivity index (χ0) is 25.9. The lowest BCUT2D eigenvalue weighted by Gasteiger charge is -2.21. The maximum atomic E-state index is 12.1. The lowest BCUT2D eigenvalue weighted by atomic mass is 10.1. The second kappa shape index (κ2) is 10.9. The molecule has 1 aromatic heterocycles. The van der Waals surface area contributed by atoms with Crippen LogP contribution in [-0.2, 0) is 11.3 Å². The first-order valence-corrected chi connectivity index (χ1v) is 13.2. The van der Waals surface area contributed by atoms with Gasteiger partial charge in [-0.25, -0.2) is 4.98 Å². The van der Waals surface area contributed by atoms with Gasteiger partial charge >= 0.3 is 0 Å². The van der Waals surface area contributed by atoms with Crippen LogP contribution in [0.1, 0.15) is 31.9 Å². The van der Waals surface area contributed by atoms with Gasteiger partial charge in [-0.15, -0.1) is 11.3 Å². The molecular weight excluding hydrogens is 538 g/mol. The number of aryl methyl sites for hydroxylation is 1. The Labute approximate surface area is 224 Å². The van der Waals surface area contributed by atoms with E-state index in [1.165, 1.54) is 10.3 Å². The minimum atomic E-state index is -0.313. The van der Waals surface area contributed by atoms with Gasteiger partial charge in [-0.3, -0.25) is 4.79 Å². The molecule has 2 N–H and O–H groups in total. The lowest BCUT2D eigenvalue weighted by molar-refractivity contribution is -0.124. The largest absolute Gasteiger partial charge is 0.493 e. The summed E-state index contributed by atoms with van der Waals surface area (Å²) in [4.78, 5) is 16.9. The Hall–Kier alpha value is -3.10. The number of nitrogens with one attached hydrogen (secondary N) is 2. The van der Waals surface area contributed by atoms with Crippen LogP contribution >= 0.6 is 27.3 Å². The molecule has 0 radical (unpaired) electrons. The third kappa shape index (κ3) is 6.56. The highest BCUT2D eigenvalue weighted by Crippen LogP contribution is 2.35. The number of rotatable bonds is 8. The van der Waals surface area contributed by atoms with Gasteiger partial charge in [0.1, 0.15) is 5.01 Å². The van der Waals surface area contributed by atoms with Gasteiger partial charge in [-0.05, 0) is 87.4 Å². The molecule has 0 saturated carbocycles. The summed E-state index contributed by atoms with van der Waals surface area (Å²) >= 11 is 5.33. The standard InChI is InChI=1S/C28H30BrN3O3S/c1-17-6-11-22-25(12-17)36-27(31-22)18-7-9-20(10-8-18)30-15-19-13-23(34-5)24(14-21(19)29)35-16-26(33)32-28(2,3)4/h6-14,30H,15-16H2,1-5H3,(H,32,33). The van der Waals surface area contributed by atoms with Gasteiger partial charge in [0.2, 0.25) is 0 Å². The summed E-state index contributed by atoms with van der Waals surface area (Å²) in [6.45, 7) is 8.39. The van der Waals surface area contributed by atoms with E-state index in [9.17, 15) is 4.79 Å². The van der Waals surface area contributed by atoms with Gasteiger partial charge in [0, 0.05) is 27.8 Å². The Morgan fingerprint density at radius 2 is 1.81 bits per heavy atom. The van der Waals surface area contributed by atoms with E-state index in [-0.39, 0.29) is 18.1 Å². The van der Waals surface area contributed by atoms with Crippen LogP contribution in [0.5, 0.6) is 11.5 Å². The quantitative estimate of drug-likeness (QED) is 0.241. The summed E-state index contributed by atoms with van der Waals surface area (Å²) in [7, 11) is 1.59. The fourth-order valence-corrected chi connectivity index (χ4v) is 5.20. The molecule has 0 unspecified atom stereocenters. The molecule has 1 amide bonds. The van der Waals surface area contributed by atoms with E-state index in [4.69, 9.17) is 14.5 Å². The van der Waals surface area contributed by atoms with Gasteiger partial charge < -0.3 is 20.1 Å². The normalized spacial score (nSPS) is 11.4. The number of nitrogens with zero attached hydrogens (tertiary/aromatic N) is 1. The molecule has 4 rings (SSSR count). The van der Waals surface area contributed by atoms with Crippen molar-refractivity contribution in [3.05, 3.63) is 70.2 Å². The van der Waals surface area contributed by atoms with E-state index >= 15 is 0 Å². The third-order valence-corrected chi connectivity index (χ3v) is 7.17. The molecule has 36 heavy (non-hydrogen) atoms. The molecule has 3 aromatic carbocycles. The van der Waals surface area contributed by atoms with Gasteiger partial charge in [0.25, 0.3) is 5.91 Å². The average Bonchev–Trinajstić information content (AvgIpc) is 3.24. The fraction of sp³-hybridized carbons (Fsp3) is 0.286. The van der Waals surface area contributed by atoms with E-state index in [0.717, 1.165) is 31.8 Å². The third-order valence-electron chi connectivity index (χ3n) is 5.36. The van der Waals surface area contributed by atoms with E-state index in [1.54, 1.807) is 18.4 Å². The number of amides is 1. The fourth-order valence-electron chi connectivity index (χ4n) is 3.67. The van der Waals surface area contributed by atoms with Crippen molar-refractivity contribution >= 4 is 49.1 Å². The molecule has 0 bridgehead atoms. The number of carbonyl (C=O) groups excluding carboxylic acids is 1. The summed E-state index contributed by atoms with van der Waals surface area (Å²) in [5, 5.41) is 7.35. The van der Waals surface area contributed by atoms with Crippen molar-refractivity contribution in [2.24, 2.45) is 0 Å². The minimum absolute atomic E-state index is 0.0850. The Kier molecular flexibility index (Phi) is 7.85. The van der Waals surface area contributed by atoms with Crippen molar-refractivity contribution in [1.29, 1.82) is 0 Å². The first-order chi connectivity index (χ1) is 17.1. The van der Waals surface area contributed by atoms with Crippen LogP contribution in [0.4, 0.5) is 5.69 Å². The van der Waals surface area contributed by atoms with Crippen LogP contribution in [0.15, 0.2) is 59.1 Å². The van der Waals surface area contributed by atoms with Crippen molar-refractivity contribution in [3.8, 4) is 22.1 Å². The Morgan fingerprint density at radius 3 is 2.50 bits per heavy atom. The van der Waals surface area contributed by atoms with Crippen LogP contribution in [-0.4, -0.2) is 30.1 Å². The highest BCUT2D eigenvalue weighted by molar-refractivity contribution is 9.10. The van der Waals surface area contributed by atoms with E-state index < -0.39 is 0 Å². The van der Waals surface area contributed by atoms with Crippen LogP contribution in [0, 0.1) is 6.92 Å². The van der Waals surface area contributed by atoms with Crippen LogP contribution in [0.25, 0.3) is 20.8 Å². The molecular formula is C28H30BrN3O3S. The monoisotopic (exact) mass is 567 g/mol. The number of carbonyl (C=O) groups is 1. The Balaban J connectivity index is 1.41. The predicted octanol–water partition coefficient (Wildman–Crippen LogP) is 6.95. The topological polar surface area (TPSA) is 72.5 Å². The first-order valence-electron chi connectivity index (χ1n) is 11.6. The summed E-state index contributed by atoms with van der Waals surface area (Å²) < 4.78 is 13.3. The lowest BCUT2D eigenvalue weighted by Crippen LogP contribution is -2.43. The molecule has 0 aliphatic rings. The number of thiazole rings is 1. The first kappa shape index (κ1) is 26.0. The minimum Gasteiger partial charge on any atom is -0.493 e. The second-order valence-corrected chi connectivity index (χ2v) is 11.5. The number of methoxy groups -OCH3 is 1. The van der Waals surface area contributed by atoms with E-state index in [1.807, 2.05) is 32.9 Å². The number of hydrogen-bond donors (Lipinski definition) is 2. The number of aromatic nitrogens is 1. The molecule has 6 nitrogen and oxygen atoms in total. The number of fused-ring (bicyclic) bond motifs is 1. The number of hydrogen-bond acceptors (Lipinski definition) is 6. The zero-order valence-corrected chi connectivity index (χ0v) is 23.5. The van der Waals surface area contributed by atoms with Gasteiger partial charge in [0.15, 0.2) is 18.1 Å². The van der Waals surface area contributed by atoms with Crippen molar-refractivity contribution in [1.82, 2.24) is 10.3 Å². The second-order valence-electron chi connectivity index (χ2n) is 9.60. The Morgan fingerprint density at radius 1 is 1.06 bits per heavy atom. The average molecular weight is 569 g/mol. The molecule has 1 heterocycles. The van der Waals surface area contributed by atoms with Crippen LogP contribution < -0.4 is 20.1 Å². The number of ether oxygens (including phenoxy) is 2. The highest BCUT2D eigenvalue weighted by Gasteiger charge is 2.16. The smallest absolute Gasteiger partial charge is 0.258 e. The summed E-state index contributed by atoms with van der Waals surface area (Å²) in [6.07, 6.45) is 0. The maximum Gasteiger partial charge on any atom is 0.258 e. The van der Waals surface area contributed by atoms with Gasteiger partial charge in [-0.1, -0.05) is 22.0 Å². The van der Waals surface area contributed by atoms with E-state index in [2.05, 4.69) is 76.0 Å². The molecule has 8 heteroatoms. The molecule has 0 aliphatic carbocycles. The molecule has 0 atom stereocenters. The molecule has 0 spiro atoms. The van der Waals surface area contributed by atoms with Crippen molar-refractivity contribution in [2.45, 2.75) is 39.8 Å². The van der Waals surface area contributed by atoms with Crippen molar-refractivity contribution < 1.29 is 14.3 Å². The summed E-state index contributed by atoms with van der Waals surface area (Å²) in [5.41, 5.74) is 5.06. The van der Waals surface area contributed by atoms with Gasteiger partial charge in [-0.2, -0.15) is 0 Å². The number of halogens is 1. The zero-order valence-electron chi connectivity index (χ0n) is 21.1. The molecule has 188 valence electrons. The maximum absolute atomic E-state index is 12.1. The molecule has 0 fully saturated rings. The number of benzene rings is 3. The Bertz CT molecular complexity index is 1380. The molecule has 4 aromatic rings. The SMILES string of the molecule is COc1cc(CNc2ccc(-c3nc4ccc(C)cc4s3)cc2)c(Br)cc1OCC(=O)NC(C)(C)C. The van der Waals surface area contributed by atoms with Crippen LogP contribution in [0.3, 0.4) is 0 Å². The van der Waals surface area contributed by atoms with E-state index in [0.29, 0.717) is 18.0 Å². The van der Waals surface area contributed by atoms with Gasteiger partial charge in [0.05, 0.1) is 17.3 Å². The van der Waals surface area contributed by atoms with Crippen LogP contribution in [0.2, 0.25) is 0 Å². The number of anilines is 1. The van der Waals surface area contributed by atoms with Crippen molar-refractivity contribution in [2.75, 3.05) is 19.0 Å². The van der Waals surface area contributed by atoms with Crippen molar-refractivity contribution in [3.63, 3.8) is 0 Å². The highest BCUT2D eigenvalue weighted by atomic mass is 79.9. The predicted molar refractivity (Wildman–Crippen MR) is 151 cm³/mol. The molecule has 0 saturated heterocycles. The summed E-state index contributed by atoms with van der Waals surface area (Å²) in [5.74, 6) is 0.892. The summed E-state index contributed by atoms with van der Waals surface area (Å²) in [6, 6.07) is 18.4. The molecule has 0 aliphatic heterocycles.